The Hall–Kier alpha value is -1.44. The molecule has 1 aromatic rings. The van der Waals surface area contributed by atoms with Crippen molar-refractivity contribution in [3.63, 3.8) is 0 Å². The van der Waals surface area contributed by atoms with Crippen molar-refractivity contribution in [1.29, 1.82) is 0 Å². The summed E-state index contributed by atoms with van der Waals surface area (Å²) < 4.78 is 13.2. The van der Waals surface area contributed by atoms with Crippen molar-refractivity contribution in [1.82, 2.24) is 19.6 Å². The van der Waals surface area contributed by atoms with Gasteiger partial charge in [-0.15, -0.1) is 0 Å². The quantitative estimate of drug-likeness (QED) is 0.786. The van der Waals surface area contributed by atoms with Crippen LogP contribution in [0.25, 0.3) is 0 Å². The third kappa shape index (κ3) is 3.20. The topological polar surface area (TPSA) is 59.8 Å². The van der Waals surface area contributed by atoms with Gasteiger partial charge in [0.15, 0.2) is 0 Å². The van der Waals surface area contributed by atoms with Crippen molar-refractivity contribution in [2.24, 2.45) is 18.9 Å². The van der Waals surface area contributed by atoms with Crippen LogP contribution in [0, 0.1) is 11.8 Å². The van der Waals surface area contributed by atoms with Crippen LogP contribution in [-0.2, 0) is 27.9 Å². The number of hydrogen-bond acceptors (Lipinski definition) is 5. The minimum Gasteiger partial charge on any atom is -0.378 e. The maximum atomic E-state index is 13.1. The molecule has 7 nitrogen and oxygen atoms in total. The summed E-state index contributed by atoms with van der Waals surface area (Å²) in [6, 6.07) is 0. The molecule has 3 atom stereocenters. The maximum absolute atomic E-state index is 13.1. The van der Waals surface area contributed by atoms with Crippen LogP contribution in [0.4, 0.5) is 0 Å². The number of carbonyl (C=O) groups excluding carboxylic acids is 1. The zero-order valence-corrected chi connectivity index (χ0v) is 14.3. The molecule has 7 heteroatoms. The Morgan fingerprint density at radius 3 is 2.88 bits per heavy atom. The number of likely N-dealkylation sites (tertiary alicyclic amines) is 1. The number of amides is 1. The summed E-state index contributed by atoms with van der Waals surface area (Å²) in [5.74, 6) is 0.696. The maximum Gasteiger partial charge on any atom is 0.227 e. The van der Waals surface area contributed by atoms with E-state index in [4.69, 9.17) is 9.47 Å². The molecule has 4 rings (SSSR count). The third-order valence-corrected chi connectivity index (χ3v) is 5.48. The summed E-state index contributed by atoms with van der Waals surface area (Å²) in [6.45, 7) is 6.08. The Labute approximate surface area is 142 Å². The largest absolute Gasteiger partial charge is 0.378 e. The average molecular weight is 334 g/mol. The predicted octanol–water partition coefficient (Wildman–Crippen LogP) is 0.116. The highest BCUT2D eigenvalue weighted by Gasteiger charge is 2.45. The van der Waals surface area contributed by atoms with E-state index in [9.17, 15) is 4.79 Å². The van der Waals surface area contributed by atoms with Gasteiger partial charge in [0.1, 0.15) is 0 Å². The van der Waals surface area contributed by atoms with Gasteiger partial charge in [-0.3, -0.25) is 14.4 Å². The molecule has 0 radical (unpaired) electrons. The number of rotatable bonds is 3. The first-order valence-electron chi connectivity index (χ1n) is 8.89. The SMILES string of the molecule is Cn1cc(CN2C[C@H](C(=O)N3CCOCC3)[C@@H]3CCO[C@@H]3C2)cn1. The molecule has 3 saturated heterocycles. The fourth-order valence-electron chi connectivity index (χ4n) is 4.28. The van der Waals surface area contributed by atoms with E-state index in [1.165, 1.54) is 5.56 Å². The molecule has 24 heavy (non-hydrogen) atoms. The van der Waals surface area contributed by atoms with Crippen LogP contribution in [0.2, 0.25) is 0 Å². The van der Waals surface area contributed by atoms with Gasteiger partial charge in [-0.1, -0.05) is 0 Å². The van der Waals surface area contributed by atoms with E-state index < -0.39 is 0 Å². The fourth-order valence-corrected chi connectivity index (χ4v) is 4.28. The van der Waals surface area contributed by atoms with Crippen molar-refractivity contribution < 1.29 is 14.3 Å². The monoisotopic (exact) mass is 334 g/mol. The van der Waals surface area contributed by atoms with Crippen molar-refractivity contribution in [3.05, 3.63) is 18.0 Å². The summed E-state index contributed by atoms with van der Waals surface area (Å²) in [7, 11) is 1.93. The van der Waals surface area contributed by atoms with Crippen LogP contribution in [0.3, 0.4) is 0 Å². The molecule has 0 aromatic carbocycles. The molecule has 0 aliphatic carbocycles. The molecule has 0 unspecified atom stereocenters. The van der Waals surface area contributed by atoms with Crippen LogP contribution in [-0.4, -0.2) is 77.6 Å². The van der Waals surface area contributed by atoms with E-state index in [1.807, 2.05) is 29.0 Å². The minimum absolute atomic E-state index is 0.0426. The molecular formula is C17H26N4O3. The summed E-state index contributed by atoms with van der Waals surface area (Å²) in [4.78, 5) is 17.4. The van der Waals surface area contributed by atoms with Gasteiger partial charge < -0.3 is 14.4 Å². The van der Waals surface area contributed by atoms with Gasteiger partial charge >= 0.3 is 0 Å². The molecule has 0 bridgehead atoms. The Balaban J connectivity index is 1.47. The van der Waals surface area contributed by atoms with Crippen molar-refractivity contribution >= 4 is 5.91 Å². The van der Waals surface area contributed by atoms with Crippen LogP contribution < -0.4 is 0 Å². The smallest absolute Gasteiger partial charge is 0.227 e. The molecule has 3 aliphatic rings. The molecule has 3 aliphatic heterocycles. The zero-order chi connectivity index (χ0) is 16.5. The third-order valence-electron chi connectivity index (χ3n) is 5.48. The Kier molecular flexibility index (Phi) is 4.56. The lowest BCUT2D eigenvalue weighted by Crippen LogP contribution is -2.54. The van der Waals surface area contributed by atoms with Crippen LogP contribution in [0.1, 0.15) is 12.0 Å². The Morgan fingerprint density at radius 1 is 1.29 bits per heavy atom. The van der Waals surface area contributed by atoms with Crippen LogP contribution >= 0.6 is 0 Å². The van der Waals surface area contributed by atoms with Gasteiger partial charge in [-0.25, -0.2) is 0 Å². The lowest BCUT2D eigenvalue weighted by molar-refractivity contribution is -0.146. The second-order valence-corrected chi connectivity index (χ2v) is 7.12. The summed E-state index contributed by atoms with van der Waals surface area (Å²) in [6.07, 6.45) is 5.14. The molecule has 4 heterocycles. The van der Waals surface area contributed by atoms with Gasteiger partial charge in [-0.05, 0) is 6.42 Å². The fraction of sp³-hybridized carbons (Fsp3) is 0.765. The molecule has 3 fully saturated rings. The summed E-state index contributed by atoms with van der Waals surface area (Å²) >= 11 is 0. The van der Waals surface area contributed by atoms with E-state index in [0.29, 0.717) is 19.1 Å². The normalized spacial score (nSPS) is 31.2. The number of carbonyl (C=O) groups is 1. The highest BCUT2D eigenvalue weighted by molar-refractivity contribution is 5.79. The Morgan fingerprint density at radius 2 is 2.12 bits per heavy atom. The number of aryl methyl sites for hydroxylation is 1. The van der Waals surface area contributed by atoms with Crippen molar-refractivity contribution in [3.8, 4) is 0 Å². The number of nitrogens with zero attached hydrogens (tertiary/aromatic N) is 4. The molecule has 0 spiro atoms. The minimum atomic E-state index is 0.0426. The standard InChI is InChI=1S/C17H26N4O3/c1-19-9-13(8-18-19)10-20-11-15(14-2-5-24-16(14)12-20)17(22)21-3-6-23-7-4-21/h8-9,14-16H,2-7,10-12H2,1H3/t14-,15-,16+/m0/s1. The molecule has 1 amide bonds. The highest BCUT2D eigenvalue weighted by Crippen LogP contribution is 2.35. The van der Waals surface area contributed by atoms with Crippen molar-refractivity contribution in [2.45, 2.75) is 19.1 Å². The van der Waals surface area contributed by atoms with E-state index in [2.05, 4.69) is 10.00 Å². The van der Waals surface area contributed by atoms with E-state index in [-0.39, 0.29) is 17.9 Å². The van der Waals surface area contributed by atoms with Gasteiger partial charge in [0.2, 0.25) is 5.91 Å². The van der Waals surface area contributed by atoms with Gasteiger partial charge in [-0.2, -0.15) is 5.10 Å². The number of hydrogen-bond donors (Lipinski definition) is 0. The van der Waals surface area contributed by atoms with E-state index in [0.717, 1.165) is 45.8 Å². The molecule has 1 aromatic heterocycles. The van der Waals surface area contributed by atoms with Gasteiger partial charge in [0.05, 0.1) is 31.4 Å². The molecule has 0 N–H and O–H groups in total. The molecule has 132 valence electrons. The summed E-state index contributed by atoms with van der Waals surface area (Å²) in [5, 5.41) is 4.25. The first-order chi connectivity index (χ1) is 11.7. The van der Waals surface area contributed by atoms with E-state index >= 15 is 0 Å². The summed E-state index contributed by atoms with van der Waals surface area (Å²) in [5.41, 5.74) is 1.19. The molecule has 0 saturated carbocycles. The number of morpholine rings is 1. The lowest BCUT2D eigenvalue weighted by atomic mass is 9.81. The number of fused-ring (bicyclic) bond motifs is 1. The predicted molar refractivity (Wildman–Crippen MR) is 87.2 cm³/mol. The molecular weight excluding hydrogens is 308 g/mol. The average Bonchev–Trinajstić information content (AvgIpc) is 3.23. The first-order valence-corrected chi connectivity index (χ1v) is 8.89. The Bertz CT molecular complexity index is 584. The van der Waals surface area contributed by atoms with Gasteiger partial charge in [0, 0.05) is 64.1 Å². The number of aromatic nitrogens is 2. The second kappa shape index (κ2) is 6.82. The van der Waals surface area contributed by atoms with Crippen molar-refractivity contribution in [2.75, 3.05) is 46.0 Å². The zero-order valence-electron chi connectivity index (χ0n) is 14.3. The van der Waals surface area contributed by atoms with Crippen LogP contribution in [0.5, 0.6) is 0 Å². The second-order valence-electron chi connectivity index (χ2n) is 7.12. The lowest BCUT2D eigenvalue weighted by Gasteiger charge is -2.41. The highest BCUT2D eigenvalue weighted by atomic mass is 16.5. The van der Waals surface area contributed by atoms with E-state index in [1.54, 1.807) is 0 Å². The van der Waals surface area contributed by atoms with Crippen LogP contribution in [0.15, 0.2) is 12.4 Å². The number of piperidine rings is 1. The first kappa shape index (κ1) is 16.1. The number of ether oxygens (including phenoxy) is 2. The van der Waals surface area contributed by atoms with Gasteiger partial charge in [0.25, 0.3) is 0 Å².